The van der Waals surface area contributed by atoms with Gasteiger partial charge >= 0.3 is 0 Å². The largest absolute Gasteiger partial charge is 0.385 e. The van der Waals surface area contributed by atoms with Gasteiger partial charge in [0.15, 0.2) is 5.13 Å². The number of aryl methyl sites for hydroxylation is 1. The molecule has 1 aromatic heterocycles. The van der Waals surface area contributed by atoms with Crippen LogP contribution in [0.15, 0.2) is 29.6 Å². The molecule has 0 fully saturated rings. The first-order chi connectivity index (χ1) is 9.69. The van der Waals surface area contributed by atoms with Crippen LogP contribution in [0.2, 0.25) is 0 Å². The third-order valence-corrected chi connectivity index (χ3v) is 3.77. The molecule has 0 aliphatic rings. The minimum absolute atomic E-state index is 0.784. The molecule has 2 aromatic rings. The number of aromatic nitrogens is 1. The van der Waals surface area contributed by atoms with Gasteiger partial charge in [0.1, 0.15) is 0 Å². The van der Waals surface area contributed by atoms with Crippen molar-refractivity contribution in [3.05, 3.63) is 35.3 Å². The third-order valence-electron chi connectivity index (χ3n) is 2.97. The standard InChI is InChI=1S/C15H21N3OS/c1-18(2)14-8-6-12(7-9-14)16-15-17-13(11-20-15)5-4-10-19-3/h6-9,11H,4-5,10H2,1-3H3,(H,16,17). The van der Waals surface area contributed by atoms with Crippen molar-refractivity contribution >= 4 is 27.8 Å². The highest BCUT2D eigenvalue weighted by Gasteiger charge is 2.03. The van der Waals surface area contributed by atoms with E-state index in [1.807, 2.05) is 14.1 Å². The lowest BCUT2D eigenvalue weighted by Crippen LogP contribution is -2.08. The van der Waals surface area contributed by atoms with Gasteiger partial charge in [-0.05, 0) is 37.1 Å². The first kappa shape index (κ1) is 14.8. The molecule has 0 bridgehead atoms. The lowest BCUT2D eigenvalue weighted by Gasteiger charge is -2.12. The zero-order valence-electron chi connectivity index (χ0n) is 12.2. The quantitative estimate of drug-likeness (QED) is 0.792. The molecule has 0 aliphatic heterocycles. The second-order valence-electron chi connectivity index (χ2n) is 4.81. The first-order valence-electron chi connectivity index (χ1n) is 6.67. The van der Waals surface area contributed by atoms with Crippen LogP contribution in [0.5, 0.6) is 0 Å². The maximum absolute atomic E-state index is 5.05. The van der Waals surface area contributed by atoms with Crippen LogP contribution in [0, 0.1) is 0 Å². The van der Waals surface area contributed by atoms with Crippen LogP contribution < -0.4 is 10.2 Å². The summed E-state index contributed by atoms with van der Waals surface area (Å²) in [5, 5.41) is 6.38. The van der Waals surface area contributed by atoms with Crippen molar-refractivity contribution in [2.24, 2.45) is 0 Å². The van der Waals surface area contributed by atoms with Gasteiger partial charge in [0.25, 0.3) is 0 Å². The Morgan fingerprint density at radius 2 is 2.00 bits per heavy atom. The minimum atomic E-state index is 0.784. The molecule has 4 nitrogen and oxygen atoms in total. The molecule has 108 valence electrons. The fraction of sp³-hybridized carbons (Fsp3) is 0.400. The van der Waals surface area contributed by atoms with Gasteiger partial charge < -0.3 is 15.0 Å². The van der Waals surface area contributed by atoms with Crippen molar-refractivity contribution in [2.45, 2.75) is 12.8 Å². The predicted octanol–water partition coefficient (Wildman–Crippen LogP) is 3.53. The smallest absolute Gasteiger partial charge is 0.187 e. The Morgan fingerprint density at radius 1 is 1.25 bits per heavy atom. The first-order valence-corrected chi connectivity index (χ1v) is 7.55. The summed E-state index contributed by atoms with van der Waals surface area (Å²) in [6.07, 6.45) is 1.97. The molecule has 0 amide bonds. The summed E-state index contributed by atoms with van der Waals surface area (Å²) in [5.41, 5.74) is 3.38. The Morgan fingerprint density at radius 3 is 2.65 bits per heavy atom. The monoisotopic (exact) mass is 291 g/mol. The van der Waals surface area contributed by atoms with Crippen LogP contribution in [0.3, 0.4) is 0 Å². The number of anilines is 3. The van der Waals surface area contributed by atoms with Gasteiger partial charge in [0.05, 0.1) is 5.69 Å². The van der Waals surface area contributed by atoms with Crippen molar-refractivity contribution in [2.75, 3.05) is 38.0 Å². The molecule has 0 unspecified atom stereocenters. The van der Waals surface area contributed by atoms with E-state index in [9.17, 15) is 0 Å². The van der Waals surface area contributed by atoms with E-state index in [4.69, 9.17) is 4.74 Å². The fourth-order valence-electron chi connectivity index (χ4n) is 1.84. The molecule has 0 aliphatic carbocycles. The maximum atomic E-state index is 5.05. The average molecular weight is 291 g/mol. The summed E-state index contributed by atoms with van der Waals surface area (Å²) in [6.45, 7) is 0.784. The highest BCUT2D eigenvalue weighted by atomic mass is 32.1. The Bertz CT molecular complexity index is 522. The number of hydrogen-bond donors (Lipinski definition) is 1. The maximum Gasteiger partial charge on any atom is 0.187 e. The second kappa shape index (κ2) is 7.26. The number of nitrogens with one attached hydrogen (secondary N) is 1. The lowest BCUT2D eigenvalue weighted by molar-refractivity contribution is 0.195. The molecular weight excluding hydrogens is 270 g/mol. The van der Waals surface area contributed by atoms with E-state index >= 15 is 0 Å². The van der Waals surface area contributed by atoms with E-state index in [1.54, 1.807) is 18.4 Å². The molecule has 2 rings (SSSR count). The molecule has 0 radical (unpaired) electrons. The van der Waals surface area contributed by atoms with E-state index in [2.05, 4.69) is 44.8 Å². The van der Waals surface area contributed by atoms with Crippen molar-refractivity contribution < 1.29 is 4.74 Å². The van der Waals surface area contributed by atoms with Crippen molar-refractivity contribution in [3.8, 4) is 0 Å². The van der Waals surface area contributed by atoms with E-state index in [-0.39, 0.29) is 0 Å². The molecule has 1 aromatic carbocycles. The molecule has 1 N–H and O–H groups in total. The van der Waals surface area contributed by atoms with E-state index in [0.29, 0.717) is 0 Å². The van der Waals surface area contributed by atoms with Crippen LogP contribution in [0.4, 0.5) is 16.5 Å². The minimum Gasteiger partial charge on any atom is -0.385 e. The number of nitrogens with zero attached hydrogens (tertiary/aromatic N) is 2. The van der Waals surface area contributed by atoms with Gasteiger partial charge in [0.2, 0.25) is 0 Å². The molecule has 0 spiro atoms. The SMILES string of the molecule is COCCCc1csc(Nc2ccc(N(C)C)cc2)n1. The van der Waals surface area contributed by atoms with Crippen molar-refractivity contribution in [3.63, 3.8) is 0 Å². The van der Waals surface area contributed by atoms with Crippen LogP contribution in [0.25, 0.3) is 0 Å². The van der Waals surface area contributed by atoms with Gasteiger partial charge in [-0.1, -0.05) is 0 Å². The Kier molecular flexibility index (Phi) is 5.38. The number of hydrogen-bond acceptors (Lipinski definition) is 5. The number of benzene rings is 1. The molecule has 5 heteroatoms. The van der Waals surface area contributed by atoms with Crippen LogP contribution in [0.1, 0.15) is 12.1 Å². The molecule has 0 saturated carbocycles. The van der Waals surface area contributed by atoms with E-state index in [0.717, 1.165) is 36.0 Å². The van der Waals surface area contributed by atoms with Crippen molar-refractivity contribution in [1.29, 1.82) is 0 Å². The number of rotatable bonds is 7. The van der Waals surface area contributed by atoms with Crippen LogP contribution >= 0.6 is 11.3 Å². The van der Waals surface area contributed by atoms with E-state index < -0.39 is 0 Å². The summed E-state index contributed by atoms with van der Waals surface area (Å²) in [6, 6.07) is 8.33. The van der Waals surface area contributed by atoms with Gasteiger partial charge in [-0.2, -0.15) is 0 Å². The average Bonchev–Trinajstić information content (AvgIpc) is 2.87. The highest BCUT2D eigenvalue weighted by Crippen LogP contribution is 2.23. The second-order valence-corrected chi connectivity index (χ2v) is 5.66. The Balaban J connectivity index is 1.92. The van der Waals surface area contributed by atoms with Gasteiger partial charge in [0, 0.05) is 44.6 Å². The number of ether oxygens (including phenoxy) is 1. The lowest BCUT2D eigenvalue weighted by atomic mass is 10.2. The molecular formula is C15H21N3OS. The summed E-state index contributed by atoms with van der Waals surface area (Å²) in [4.78, 5) is 6.66. The molecule has 20 heavy (non-hydrogen) atoms. The van der Waals surface area contributed by atoms with Crippen molar-refractivity contribution in [1.82, 2.24) is 4.98 Å². The Labute approximate surface area is 124 Å². The zero-order chi connectivity index (χ0) is 14.4. The van der Waals surface area contributed by atoms with Gasteiger partial charge in [-0.25, -0.2) is 4.98 Å². The zero-order valence-corrected chi connectivity index (χ0v) is 13.0. The predicted molar refractivity (Wildman–Crippen MR) is 86.4 cm³/mol. The molecule has 0 atom stereocenters. The summed E-state index contributed by atoms with van der Waals surface area (Å²) < 4.78 is 5.05. The molecule has 0 saturated heterocycles. The fourth-order valence-corrected chi connectivity index (χ4v) is 2.61. The van der Waals surface area contributed by atoms with Gasteiger partial charge in [-0.3, -0.25) is 0 Å². The highest BCUT2D eigenvalue weighted by molar-refractivity contribution is 7.13. The number of thiazole rings is 1. The van der Waals surface area contributed by atoms with E-state index in [1.165, 1.54) is 5.69 Å². The van der Waals surface area contributed by atoms with Gasteiger partial charge in [-0.15, -0.1) is 11.3 Å². The summed E-state index contributed by atoms with van der Waals surface area (Å²) in [5.74, 6) is 0. The normalized spacial score (nSPS) is 10.6. The van der Waals surface area contributed by atoms with Crippen LogP contribution in [-0.2, 0) is 11.2 Å². The third kappa shape index (κ3) is 4.21. The van der Waals surface area contributed by atoms with Crippen LogP contribution in [-0.4, -0.2) is 32.8 Å². The summed E-state index contributed by atoms with van der Waals surface area (Å²) >= 11 is 1.64. The summed E-state index contributed by atoms with van der Waals surface area (Å²) in [7, 11) is 5.80. The Hall–Kier alpha value is -1.59. The topological polar surface area (TPSA) is 37.4 Å². The molecule has 1 heterocycles. The number of methoxy groups -OCH3 is 1.